The molecule has 2 N–H and O–H groups in total. The van der Waals surface area contributed by atoms with E-state index < -0.39 is 0 Å². The van der Waals surface area contributed by atoms with Crippen molar-refractivity contribution in [3.05, 3.63) is 89.5 Å². The summed E-state index contributed by atoms with van der Waals surface area (Å²) in [6.45, 7) is 4.20. The maximum atomic E-state index is 13.7. The largest absolute Gasteiger partial charge is 0.383 e. The molecule has 8 heteroatoms. The fraction of sp³-hybridized carbons (Fsp3) is 0.133. The zero-order valence-electron chi connectivity index (χ0n) is 20.8. The van der Waals surface area contributed by atoms with Crippen LogP contribution in [0.25, 0.3) is 11.1 Å². The van der Waals surface area contributed by atoms with Crippen LogP contribution in [0.2, 0.25) is 0 Å². The molecule has 0 saturated heterocycles. The lowest BCUT2D eigenvalue weighted by Crippen LogP contribution is -2.30. The number of pyridine rings is 1. The Bertz CT molecular complexity index is 1590. The number of rotatable bonds is 5. The number of anilines is 3. The third-order valence-electron chi connectivity index (χ3n) is 6.30. The second-order valence-corrected chi connectivity index (χ2v) is 11.0. The molecule has 0 bridgehead atoms. The summed E-state index contributed by atoms with van der Waals surface area (Å²) in [6, 6.07) is 27.7. The monoisotopic (exact) mass is 533 g/mol. The van der Waals surface area contributed by atoms with Gasteiger partial charge in [-0.25, -0.2) is 4.98 Å². The van der Waals surface area contributed by atoms with Crippen molar-refractivity contribution in [2.45, 2.75) is 34.6 Å². The number of benzene rings is 3. The first-order valence-corrected chi connectivity index (χ1v) is 13.8. The lowest BCUT2D eigenvalue weighted by Gasteiger charge is -2.31. The van der Waals surface area contributed by atoms with Gasteiger partial charge in [-0.3, -0.25) is 9.69 Å². The molecule has 1 aliphatic heterocycles. The number of aromatic nitrogens is 1. The zero-order valence-corrected chi connectivity index (χ0v) is 22.4. The molecule has 3 aromatic carbocycles. The number of nitrogens with two attached hydrogens (primary N) is 1. The van der Waals surface area contributed by atoms with E-state index in [1.165, 1.54) is 0 Å². The van der Waals surface area contributed by atoms with Crippen LogP contribution in [0.3, 0.4) is 0 Å². The fourth-order valence-electron chi connectivity index (χ4n) is 4.39. The number of amides is 1. The van der Waals surface area contributed by atoms with Crippen LogP contribution in [0.15, 0.2) is 87.6 Å². The first-order chi connectivity index (χ1) is 18.4. The number of carbonyl (C=O) groups excluding carboxylic acids is 1. The van der Waals surface area contributed by atoms with Crippen LogP contribution < -0.4 is 10.6 Å². The van der Waals surface area contributed by atoms with Crippen molar-refractivity contribution < 1.29 is 4.79 Å². The Kier molecular flexibility index (Phi) is 7.11. The number of para-hydroxylation sites is 2. The third kappa shape index (κ3) is 4.61. The van der Waals surface area contributed by atoms with Gasteiger partial charge < -0.3 is 5.73 Å². The Morgan fingerprint density at radius 2 is 1.53 bits per heavy atom. The Morgan fingerprint density at radius 1 is 0.947 bits per heavy atom. The van der Waals surface area contributed by atoms with Gasteiger partial charge >= 0.3 is 0 Å². The Balaban J connectivity index is 1.51. The van der Waals surface area contributed by atoms with E-state index in [9.17, 15) is 15.3 Å². The summed E-state index contributed by atoms with van der Waals surface area (Å²) in [6.07, 6.45) is 0. The van der Waals surface area contributed by atoms with Crippen molar-refractivity contribution in [1.29, 1.82) is 10.5 Å². The fourth-order valence-corrected chi connectivity index (χ4v) is 6.30. The molecule has 5 rings (SSSR count). The highest BCUT2D eigenvalue weighted by Gasteiger charge is 2.29. The van der Waals surface area contributed by atoms with E-state index in [2.05, 4.69) is 31.0 Å². The van der Waals surface area contributed by atoms with E-state index in [0.717, 1.165) is 38.5 Å². The normalized spacial score (nSPS) is 11.9. The maximum absolute atomic E-state index is 13.7. The van der Waals surface area contributed by atoms with E-state index in [1.54, 1.807) is 16.7 Å². The SMILES string of the molecule is CC(C)c1ccc(-c2c(C#N)c(N)nc(SCC(=O)N3c4ccccc4Sc4ccccc43)c2C#N)cc1. The van der Waals surface area contributed by atoms with Crippen LogP contribution in [0.4, 0.5) is 17.2 Å². The Labute approximate surface area is 230 Å². The summed E-state index contributed by atoms with van der Waals surface area (Å²) in [5.41, 5.74) is 10.5. The average molecular weight is 534 g/mol. The van der Waals surface area contributed by atoms with Gasteiger partial charge in [0, 0.05) is 15.4 Å². The molecule has 38 heavy (non-hydrogen) atoms. The number of hydrogen-bond donors (Lipinski definition) is 1. The van der Waals surface area contributed by atoms with Crippen molar-refractivity contribution in [2.24, 2.45) is 0 Å². The summed E-state index contributed by atoms with van der Waals surface area (Å²) in [5.74, 6) is 0.269. The number of hydrogen-bond acceptors (Lipinski definition) is 7. The number of thioether (sulfide) groups is 1. The van der Waals surface area contributed by atoms with Crippen LogP contribution in [0.1, 0.15) is 36.5 Å². The number of nitrogen functional groups attached to an aromatic ring is 1. The minimum Gasteiger partial charge on any atom is -0.383 e. The minimum atomic E-state index is -0.147. The molecule has 0 spiro atoms. The average Bonchev–Trinajstić information content (AvgIpc) is 2.94. The van der Waals surface area contributed by atoms with Crippen molar-refractivity contribution in [2.75, 3.05) is 16.4 Å². The molecular formula is C30H23N5OS2. The molecular weight excluding hydrogens is 510 g/mol. The van der Waals surface area contributed by atoms with Crippen LogP contribution in [0, 0.1) is 22.7 Å². The summed E-state index contributed by atoms with van der Waals surface area (Å²) in [4.78, 5) is 21.7. The molecule has 1 aliphatic rings. The van der Waals surface area contributed by atoms with Crippen molar-refractivity contribution in [1.82, 2.24) is 4.98 Å². The molecule has 0 aliphatic carbocycles. The van der Waals surface area contributed by atoms with Crippen LogP contribution >= 0.6 is 23.5 Å². The molecule has 0 fully saturated rings. The standard InChI is InChI=1S/C30H23N5OS2/c1-18(2)19-11-13-20(14-12-19)28-21(15-31)29(33)34-30(22(28)16-32)37-17-27(36)35-23-7-3-5-9-25(23)38-26-10-6-4-8-24(26)35/h3-14,18H,17H2,1-2H3,(H2,33,34). The van der Waals surface area contributed by atoms with Gasteiger partial charge in [-0.1, -0.05) is 85.9 Å². The molecule has 6 nitrogen and oxygen atoms in total. The molecule has 0 saturated carbocycles. The summed E-state index contributed by atoms with van der Waals surface area (Å²) in [7, 11) is 0. The van der Waals surface area contributed by atoms with E-state index in [4.69, 9.17) is 5.73 Å². The van der Waals surface area contributed by atoms with E-state index in [-0.39, 0.29) is 28.6 Å². The van der Waals surface area contributed by atoms with Crippen LogP contribution in [-0.4, -0.2) is 16.6 Å². The van der Waals surface area contributed by atoms with Gasteiger partial charge in [0.15, 0.2) is 0 Å². The molecule has 0 atom stereocenters. The zero-order chi connectivity index (χ0) is 26.8. The quantitative estimate of drug-likeness (QED) is 0.272. The van der Waals surface area contributed by atoms with Crippen LogP contribution in [-0.2, 0) is 4.79 Å². The van der Waals surface area contributed by atoms with Crippen molar-refractivity contribution >= 4 is 46.6 Å². The summed E-state index contributed by atoms with van der Waals surface area (Å²) in [5, 5.41) is 20.3. The van der Waals surface area contributed by atoms with Crippen molar-refractivity contribution in [3.63, 3.8) is 0 Å². The first kappa shape index (κ1) is 25.4. The van der Waals surface area contributed by atoms with Gasteiger partial charge in [-0.15, -0.1) is 0 Å². The minimum absolute atomic E-state index is 0.0338. The smallest absolute Gasteiger partial charge is 0.242 e. The van der Waals surface area contributed by atoms with E-state index >= 15 is 0 Å². The molecule has 186 valence electrons. The maximum Gasteiger partial charge on any atom is 0.242 e. The van der Waals surface area contributed by atoms with Gasteiger partial charge in [-0.05, 0) is 41.3 Å². The number of nitriles is 2. The number of nitrogens with zero attached hydrogens (tertiary/aromatic N) is 4. The van der Waals surface area contributed by atoms with E-state index in [0.29, 0.717) is 22.1 Å². The Morgan fingerprint density at radius 3 is 2.08 bits per heavy atom. The molecule has 0 unspecified atom stereocenters. The van der Waals surface area contributed by atoms with Gasteiger partial charge in [0.1, 0.15) is 28.5 Å². The predicted octanol–water partition coefficient (Wildman–Crippen LogP) is 7.12. The topological polar surface area (TPSA) is 107 Å². The van der Waals surface area contributed by atoms with Gasteiger partial charge in [-0.2, -0.15) is 10.5 Å². The van der Waals surface area contributed by atoms with Gasteiger partial charge in [0.25, 0.3) is 0 Å². The Hall–Kier alpha value is -4.24. The molecule has 4 aromatic rings. The lowest BCUT2D eigenvalue weighted by molar-refractivity contribution is -0.115. The highest BCUT2D eigenvalue weighted by atomic mass is 32.2. The summed E-state index contributed by atoms with van der Waals surface area (Å²) < 4.78 is 0. The number of carbonyl (C=O) groups is 1. The molecule has 0 radical (unpaired) electrons. The highest BCUT2D eigenvalue weighted by molar-refractivity contribution is 8.00. The molecule has 1 amide bonds. The third-order valence-corrected chi connectivity index (χ3v) is 8.39. The van der Waals surface area contributed by atoms with E-state index in [1.807, 2.05) is 72.8 Å². The summed E-state index contributed by atoms with van der Waals surface area (Å²) >= 11 is 2.78. The highest BCUT2D eigenvalue weighted by Crippen LogP contribution is 2.48. The lowest BCUT2D eigenvalue weighted by atomic mass is 9.94. The van der Waals surface area contributed by atoms with Crippen LogP contribution in [0.5, 0.6) is 0 Å². The number of fused-ring (bicyclic) bond motifs is 2. The van der Waals surface area contributed by atoms with Crippen molar-refractivity contribution in [3.8, 4) is 23.3 Å². The van der Waals surface area contributed by atoms with Gasteiger partial charge in [0.2, 0.25) is 5.91 Å². The second kappa shape index (κ2) is 10.6. The van der Waals surface area contributed by atoms with Gasteiger partial charge in [0.05, 0.1) is 22.7 Å². The second-order valence-electron chi connectivity index (χ2n) is 8.98. The molecule has 2 heterocycles. The first-order valence-electron chi connectivity index (χ1n) is 12.0. The molecule has 1 aromatic heterocycles. The predicted molar refractivity (Wildman–Crippen MR) is 152 cm³/mol.